The minimum absolute atomic E-state index is 0.134. The van der Waals surface area contributed by atoms with E-state index in [0.717, 1.165) is 44.5 Å². The van der Waals surface area contributed by atoms with Gasteiger partial charge in [0, 0.05) is 12.1 Å². The van der Waals surface area contributed by atoms with E-state index < -0.39 is 17.7 Å². The first-order valence-corrected chi connectivity index (χ1v) is 12.8. The molecular weight excluding hydrogens is 440 g/mol. The molecule has 1 aliphatic rings. The Bertz CT molecular complexity index is 1040. The molecule has 0 radical (unpaired) electrons. The standard InChI is InChI=1S/C29H38N2O4/c1-5-19-35-24-12-9-11-23(20-24)27(32)25-26(22-15-13-21(6-2)14-16-22)31(29(34)28(25)33)18-10-17-30(7-3)8-4/h9,11-16,20,26,32H,5-8,10,17-19H2,1-4H3/b27-25+. The molecule has 1 aliphatic heterocycles. The molecule has 1 fully saturated rings. The zero-order chi connectivity index (χ0) is 25.4. The second kappa shape index (κ2) is 12.5. The summed E-state index contributed by atoms with van der Waals surface area (Å²) < 4.78 is 5.71. The molecule has 6 heteroatoms. The van der Waals surface area contributed by atoms with Gasteiger partial charge in [0.05, 0.1) is 18.2 Å². The summed E-state index contributed by atoms with van der Waals surface area (Å²) in [6.45, 7) is 12.1. The normalized spacial score (nSPS) is 17.4. The van der Waals surface area contributed by atoms with Gasteiger partial charge in [-0.15, -0.1) is 0 Å². The van der Waals surface area contributed by atoms with Crippen LogP contribution in [-0.2, 0) is 16.0 Å². The van der Waals surface area contributed by atoms with E-state index >= 15 is 0 Å². The molecule has 1 saturated heterocycles. The first-order chi connectivity index (χ1) is 16.9. The Hall–Kier alpha value is -3.12. The first-order valence-electron chi connectivity index (χ1n) is 12.8. The molecule has 6 nitrogen and oxygen atoms in total. The molecular formula is C29H38N2O4. The molecule has 35 heavy (non-hydrogen) atoms. The minimum atomic E-state index is -0.644. The summed E-state index contributed by atoms with van der Waals surface area (Å²) in [7, 11) is 0. The summed E-state index contributed by atoms with van der Waals surface area (Å²) in [5, 5.41) is 11.3. The maximum absolute atomic E-state index is 13.3. The number of hydrogen-bond acceptors (Lipinski definition) is 5. The highest BCUT2D eigenvalue weighted by atomic mass is 16.5. The van der Waals surface area contributed by atoms with E-state index in [2.05, 4.69) is 25.7 Å². The highest BCUT2D eigenvalue weighted by Crippen LogP contribution is 2.40. The monoisotopic (exact) mass is 478 g/mol. The molecule has 0 saturated carbocycles. The van der Waals surface area contributed by atoms with Gasteiger partial charge in [-0.25, -0.2) is 0 Å². The number of nitrogens with zero attached hydrogens (tertiary/aromatic N) is 2. The third-order valence-corrected chi connectivity index (χ3v) is 6.59. The summed E-state index contributed by atoms with van der Waals surface area (Å²) in [6.07, 6.45) is 2.51. The van der Waals surface area contributed by atoms with Crippen LogP contribution < -0.4 is 4.74 Å². The summed E-state index contributed by atoms with van der Waals surface area (Å²) in [6, 6.07) is 14.4. The number of amides is 1. The Morgan fingerprint density at radius 1 is 1.03 bits per heavy atom. The van der Waals surface area contributed by atoms with Gasteiger partial charge in [-0.1, -0.05) is 64.1 Å². The van der Waals surface area contributed by atoms with Crippen molar-refractivity contribution in [2.45, 2.75) is 53.0 Å². The van der Waals surface area contributed by atoms with Crippen molar-refractivity contribution in [2.75, 3.05) is 32.8 Å². The molecule has 0 aromatic heterocycles. The van der Waals surface area contributed by atoms with Crippen LogP contribution in [-0.4, -0.2) is 59.4 Å². The van der Waals surface area contributed by atoms with Crippen molar-refractivity contribution in [3.8, 4) is 5.75 Å². The predicted molar refractivity (Wildman–Crippen MR) is 139 cm³/mol. The van der Waals surface area contributed by atoms with E-state index in [1.54, 1.807) is 23.1 Å². The molecule has 1 amide bonds. The molecule has 3 rings (SSSR count). The van der Waals surface area contributed by atoms with Gasteiger partial charge in [0.2, 0.25) is 0 Å². The van der Waals surface area contributed by atoms with Gasteiger partial charge >= 0.3 is 0 Å². The number of carbonyl (C=O) groups excluding carboxylic acids is 2. The van der Waals surface area contributed by atoms with Crippen molar-refractivity contribution in [2.24, 2.45) is 0 Å². The SMILES string of the molecule is CCCOc1cccc(/C(O)=C2\C(=O)C(=O)N(CCCN(CC)CC)C2c2ccc(CC)cc2)c1. The third kappa shape index (κ3) is 6.12. The molecule has 0 spiro atoms. The van der Waals surface area contributed by atoms with Crippen molar-refractivity contribution >= 4 is 17.4 Å². The Morgan fingerprint density at radius 3 is 2.37 bits per heavy atom. The average molecular weight is 479 g/mol. The van der Waals surface area contributed by atoms with Gasteiger partial charge < -0.3 is 19.6 Å². The van der Waals surface area contributed by atoms with E-state index in [0.29, 0.717) is 24.5 Å². The molecule has 1 atom stereocenters. The number of rotatable bonds is 12. The summed E-state index contributed by atoms with van der Waals surface area (Å²) in [5.74, 6) is -0.752. The van der Waals surface area contributed by atoms with Crippen LogP contribution in [0.3, 0.4) is 0 Å². The van der Waals surface area contributed by atoms with Gasteiger partial charge in [-0.2, -0.15) is 0 Å². The van der Waals surface area contributed by atoms with Crippen LogP contribution in [0.4, 0.5) is 0 Å². The number of aliphatic hydroxyl groups is 1. The van der Waals surface area contributed by atoms with Crippen molar-refractivity contribution in [1.29, 1.82) is 0 Å². The highest BCUT2D eigenvalue weighted by Gasteiger charge is 2.45. The number of ether oxygens (including phenoxy) is 1. The van der Waals surface area contributed by atoms with Crippen LogP contribution in [0.2, 0.25) is 0 Å². The van der Waals surface area contributed by atoms with Crippen molar-refractivity contribution < 1.29 is 19.4 Å². The first kappa shape index (κ1) is 26.5. The molecule has 1 heterocycles. The second-order valence-electron chi connectivity index (χ2n) is 8.84. The second-order valence-corrected chi connectivity index (χ2v) is 8.84. The van der Waals surface area contributed by atoms with E-state index in [1.807, 2.05) is 37.3 Å². The van der Waals surface area contributed by atoms with Crippen molar-refractivity contribution in [1.82, 2.24) is 9.80 Å². The predicted octanol–water partition coefficient (Wildman–Crippen LogP) is 5.19. The Balaban J connectivity index is 2.02. The number of benzene rings is 2. The van der Waals surface area contributed by atoms with E-state index in [9.17, 15) is 14.7 Å². The van der Waals surface area contributed by atoms with E-state index in [-0.39, 0.29) is 11.3 Å². The number of likely N-dealkylation sites (tertiary alicyclic amines) is 1. The lowest BCUT2D eigenvalue weighted by molar-refractivity contribution is -0.140. The maximum atomic E-state index is 13.3. The number of ketones is 1. The smallest absolute Gasteiger partial charge is 0.295 e. The Morgan fingerprint density at radius 2 is 1.74 bits per heavy atom. The number of Topliss-reactive ketones (excluding diaryl/α,β-unsaturated/α-hetero) is 1. The van der Waals surface area contributed by atoms with Crippen LogP contribution in [0.15, 0.2) is 54.1 Å². The molecule has 188 valence electrons. The van der Waals surface area contributed by atoms with Gasteiger partial charge in [0.25, 0.3) is 11.7 Å². The lowest BCUT2D eigenvalue weighted by Gasteiger charge is -2.27. The molecule has 1 N–H and O–H groups in total. The van der Waals surface area contributed by atoms with Crippen LogP contribution in [0.5, 0.6) is 5.75 Å². The topological polar surface area (TPSA) is 70.1 Å². The summed E-state index contributed by atoms with van der Waals surface area (Å²) in [5.41, 5.74) is 2.60. The van der Waals surface area contributed by atoms with Crippen LogP contribution in [0, 0.1) is 0 Å². The minimum Gasteiger partial charge on any atom is -0.507 e. The Labute approximate surface area is 209 Å². The number of carbonyl (C=O) groups is 2. The summed E-state index contributed by atoms with van der Waals surface area (Å²) in [4.78, 5) is 30.3. The lowest BCUT2D eigenvalue weighted by atomic mass is 9.94. The fourth-order valence-corrected chi connectivity index (χ4v) is 4.51. The van der Waals surface area contributed by atoms with Crippen LogP contribution in [0.1, 0.15) is 63.3 Å². The van der Waals surface area contributed by atoms with E-state index in [4.69, 9.17) is 4.74 Å². The zero-order valence-electron chi connectivity index (χ0n) is 21.4. The highest BCUT2D eigenvalue weighted by molar-refractivity contribution is 6.46. The Kier molecular flexibility index (Phi) is 9.49. The third-order valence-electron chi connectivity index (χ3n) is 6.59. The fourth-order valence-electron chi connectivity index (χ4n) is 4.51. The van der Waals surface area contributed by atoms with Gasteiger partial charge in [0.15, 0.2) is 0 Å². The number of aryl methyl sites for hydroxylation is 1. The molecule has 0 aliphatic carbocycles. The fraction of sp³-hybridized carbons (Fsp3) is 0.448. The largest absolute Gasteiger partial charge is 0.507 e. The van der Waals surface area contributed by atoms with Gasteiger partial charge in [0.1, 0.15) is 11.5 Å². The average Bonchev–Trinajstić information content (AvgIpc) is 3.14. The molecule has 2 aromatic rings. The quantitative estimate of drug-likeness (QED) is 0.258. The van der Waals surface area contributed by atoms with E-state index in [1.165, 1.54) is 5.56 Å². The molecule has 1 unspecified atom stereocenters. The maximum Gasteiger partial charge on any atom is 0.295 e. The molecule has 2 aromatic carbocycles. The number of hydrogen-bond donors (Lipinski definition) is 1. The zero-order valence-corrected chi connectivity index (χ0v) is 21.4. The van der Waals surface area contributed by atoms with Crippen LogP contribution >= 0.6 is 0 Å². The van der Waals surface area contributed by atoms with Crippen molar-refractivity contribution in [3.05, 3.63) is 70.8 Å². The molecule has 0 bridgehead atoms. The van der Waals surface area contributed by atoms with Gasteiger partial charge in [-0.3, -0.25) is 9.59 Å². The van der Waals surface area contributed by atoms with Crippen LogP contribution in [0.25, 0.3) is 5.76 Å². The van der Waals surface area contributed by atoms with Gasteiger partial charge in [-0.05, 0) is 62.2 Å². The number of aliphatic hydroxyl groups excluding tert-OH is 1. The summed E-state index contributed by atoms with van der Waals surface area (Å²) >= 11 is 0. The van der Waals surface area contributed by atoms with Crippen molar-refractivity contribution in [3.63, 3.8) is 0 Å². The lowest BCUT2D eigenvalue weighted by Crippen LogP contribution is -2.33.